The van der Waals surface area contributed by atoms with Gasteiger partial charge in [0.25, 0.3) is 6.71 Å². The van der Waals surface area contributed by atoms with Gasteiger partial charge in [0.1, 0.15) is 0 Å². The Labute approximate surface area is 493 Å². The number of anilines is 12. The van der Waals surface area contributed by atoms with Crippen molar-refractivity contribution in [1.82, 2.24) is 9.13 Å². The fourth-order valence-corrected chi connectivity index (χ4v) is 13.9. The Bertz CT molecular complexity index is 4530. The highest BCUT2D eigenvalue weighted by Crippen LogP contribution is 2.47. The minimum Gasteiger partial charge on any atom is -0.311 e. The Morgan fingerprint density at radius 2 is 0.471 bits per heavy atom. The summed E-state index contributed by atoms with van der Waals surface area (Å²) in [6.45, 7) is -0.180. The van der Waals surface area contributed by atoms with Crippen LogP contribution in [0.5, 0.6) is 0 Å². The van der Waals surface area contributed by atoms with E-state index < -0.39 is 0 Å². The van der Waals surface area contributed by atoms with Gasteiger partial charge >= 0.3 is 0 Å². The second kappa shape index (κ2) is 19.7. The number of benzene rings is 13. The van der Waals surface area contributed by atoms with Crippen LogP contribution in [0.2, 0.25) is 0 Å². The highest BCUT2D eigenvalue weighted by Gasteiger charge is 2.42. The molecule has 0 fully saturated rings. The van der Waals surface area contributed by atoms with Crippen molar-refractivity contribution in [2.45, 2.75) is 0 Å². The van der Waals surface area contributed by atoms with Crippen LogP contribution in [0.3, 0.4) is 0 Å². The number of hydrogen-bond donors (Lipinski definition) is 0. The summed E-state index contributed by atoms with van der Waals surface area (Å²) in [4.78, 5) is 9.64. The topological polar surface area (TPSA) is 22.8 Å². The molecule has 0 spiro atoms. The maximum atomic E-state index is 2.58. The molecule has 2 aliphatic rings. The van der Waals surface area contributed by atoms with Crippen molar-refractivity contribution in [2.24, 2.45) is 0 Å². The fourth-order valence-electron chi connectivity index (χ4n) is 13.9. The van der Waals surface area contributed by atoms with Crippen LogP contribution in [0, 0.1) is 0 Å². The molecule has 6 nitrogen and oxygen atoms in total. The predicted octanol–water partition coefficient (Wildman–Crippen LogP) is 18.9. The van der Waals surface area contributed by atoms with Crippen molar-refractivity contribution in [3.05, 3.63) is 322 Å². The van der Waals surface area contributed by atoms with Gasteiger partial charge in [-0.2, -0.15) is 0 Å². The summed E-state index contributed by atoms with van der Waals surface area (Å²) in [6, 6.07) is 118. The summed E-state index contributed by atoms with van der Waals surface area (Å²) >= 11 is 0. The molecule has 0 N–H and O–H groups in total. The van der Waals surface area contributed by atoms with Gasteiger partial charge in [0, 0.05) is 112 Å². The SMILES string of the molecule is c1ccc(N(c2ccccc2)c2ccc3c(c2)c2cc(N(c4ccccc4)c4ccccc4)cc4c2n3-c2cccc3c2B4c2cc(N(c4ccccc4)c4ccccc4)cc4c5cc(N(c6ccccc6)c6ccccc6)ccc5n-3c24)cc1. The molecule has 0 atom stereocenters. The monoisotopic (exact) mass is 1080 g/mol. The number of hydrogen-bond acceptors (Lipinski definition) is 4. The van der Waals surface area contributed by atoms with Crippen molar-refractivity contribution in [3.8, 4) is 11.4 Å². The predicted molar refractivity (Wildman–Crippen MR) is 359 cm³/mol. The lowest BCUT2D eigenvalue weighted by atomic mass is 9.34. The van der Waals surface area contributed by atoms with E-state index >= 15 is 0 Å². The maximum absolute atomic E-state index is 2.58. The smallest absolute Gasteiger partial charge is 0.252 e. The zero-order valence-electron chi connectivity index (χ0n) is 46.4. The minimum atomic E-state index is -0.180. The summed E-state index contributed by atoms with van der Waals surface area (Å²) < 4.78 is 5.17. The van der Waals surface area contributed by atoms with Crippen molar-refractivity contribution >= 4 is 135 Å². The average molecular weight is 1090 g/mol. The van der Waals surface area contributed by atoms with E-state index in [1.165, 1.54) is 60.3 Å². The number of aromatic nitrogens is 2. The van der Waals surface area contributed by atoms with E-state index in [2.05, 4.69) is 350 Å². The third kappa shape index (κ3) is 7.74. The average Bonchev–Trinajstić information content (AvgIpc) is 1.65. The molecule has 85 heavy (non-hydrogen) atoms. The Hall–Kier alpha value is -11.3. The van der Waals surface area contributed by atoms with Crippen LogP contribution in [0.4, 0.5) is 68.2 Å². The normalized spacial score (nSPS) is 12.0. The second-order valence-electron chi connectivity index (χ2n) is 22.1. The summed E-state index contributed by atoms with van der Waals surface area (Å²) in [5, 5.41) is 4.75. The van der Waals surface area contributed by atoms with Crippen molar-refractivity contribution < 1.29 is 0 Å². The van der Waals surface area contributed by atoms with E-state index in [1.54, 1.807) is 0 Å². The molecule has 0 aliphatic carbocycles. The molecule has 17 rings (SSSR count). The molecule has 0 saturated heterocycles. The zero-order chi connectivity index (χ0) is 56.0. The van der Waals surface area contributed by atoms with Gasteiger partial charge in [-0.05, 0) is 186 Å². The Morgan fingerprint density at radius 3 is 0.753 bits per heavy atom. The molecule has 4 heterocycles. The van der Waals surface area contributed by atoms with Crippen LogP contribution in [-0.2, 0) is 0 Å². The van der Waals surface area contributed by atoms with E-state index in [0.29, 0.717) is 0 Å². The van der Waals surface area contributed by atoms with Gasteiger partial charge in [0.05, 0.1) is 11.0 Å². The van der Waals surface area contributed by atoms with E-state index in [1.807, 2.05) is 0 Å². The van der Waals surface area contributed by atoms with Crippen LogP contribution in [0.1, 0.15) is 0 Å². The lowest BCUT2D eigenvalue weighted by Crippen LogP contribution is -2.59. The first-order valence-electron chi connectivity index (χ1n) is 29.2. The first kappa shape index (κ1) is 48.4. The van der Waals surface area contributed by atoms with Crippen LogP contribution >= 0.6 is 0 Å². The van der Waals surface area contributed by atoms with Gasteiger partial charge < -0.3 is 28.7 Å². The number of fused-ring (bicyclic) bond motifs is 10. The van der Waals surface area contributed by atoms with E-state index in [4.69, 9.17) is 0 Å². The van der Waals surface area contributed by atoms with E-state index in [9.17, 15) is 0 Å². The third-order valence-electron chi connectivity index (χ3n) is 17.3. The summed E-state index contributed by atoms with van der Waals surface area (Å²) in [7, 11) is 0. The minimum absolute atomic E-state index is 0.180. The van der Waals surface area contributed by atoms with Gasteiger partial charge in [0.2, 0.25) is 0 Å². The highest BCUT2D eigenvalue weighted by atomic mass is 15.2. The molecule has 0 saturated carbocycles. The molecule has 0 unspecified atom stereocenters. The molecule has 0 amide bonds. The maximum Gasteiger partial charge on any atom is 0.252 e. The van der Waals surface area contributed by atoms with Crippen LogP contribution in [-0.4, -0.2) is 15.8 Å². The van der Waals surface area contributed by atoms with Gasteiger partial charge in [-0.25, -0.2) is 0 Å². The molecule has 2 aromatic heterocycles. The van der Waals surface area contributed by atoms with Gasteiger partial charge in [-0.1, -0.05) is 152 Å². The molecule has 15 aromatic rings. The summed E-state index contributed by atoms with van der Waals surface area (Å²) in [5.41, 5.74) is 24.0. The number of para-hydroxylation sites is 8. The molecular weight excluding hydrogens is 1030 g/mol. The molecule has 2 aliphatic heterocycles. The Balaban J connectivity index is 0.997. The first-order chi connectivity index (χ1) is 42.2. The van der Waals surface area contributed by atoms with Crippen LogP contribution in [0.25, 0.3) is 55.0 Å². The number of rotatable bonds is 12. The zero-order valence-corrected chi connectivity index (χ0v) is 46.4. The van der Waals surface area contributed by atoms with E-state index in [-0.39, 0.29) is 6.71 Å². The van der Waals surface area contributed by atoms with Crippen molar-refractivity contribution in [3.63, 3.8) is 0 Å². The standard InChI is InChI=1S/C78H53BN6/c1-9-26-54(27-10-1)80(55-28-11-2-12-29-55)62-44-46-72-66(48-62)68-50-64(82(58-34-17-5-18-35-58)59-36-19-6-20-37-59)52-70-77(68)84(72)74-42-25-43-75-76(74)79(70)71-53-65(83(60-38-21-7-22-39-60)61-40-23-8-24-41-61)51-69-67-49-63(45-47-73(67)85(75)78(69)71)81(56-30-13-3-14-31-56)57-32-15-4-16-33-57/h1-53H. The quantitative estimate of drug-likeness (QED) is 0.114. The summed E-state index contributed by atoms with van der Waals surface area (Å²) in [5.74, 6) is 0. The van der Waals surface area contributed by atoms with Crippen molar-refractivity contribution in [1.29, 1.82) is 0 Å². The van der Waals surface area contributed by atoms with Gasteiger partial charge in [-0.3, -0.25) is 0 Å². The summed E-state index contributed by atoms with van der Waals surface area (Å²) in [6.07, 6.45) is 0. The lowest BCUT2D eigenvalue weighted by Gasteiger charge is -2.35. The van der Waals surface area contributed by atoms with Crippen molar-refractivity contribution in [2.75, 3.05) is 19.6 Å². The largest absolute Gasteiger partial charge is 0.311 e. The van der Waals surface area contributed by atoms with Crippen LogP contribution < -0.4 is 36.0 Å². The molecule has 398 valence electrons. The molecule has 0 bridgehead atoms. The van der Waals surface area contributed by atoms with E-state index in [0.717, 1.165) is 79.3 Å². The molecular formula is C78H53BN6. The molecule has 0 radical (unpaired) electrons. The first-order valence-corrected chi connectivity index (χ1v) is 29.2. The molecule has 13 aromatic carbocycles. The Morgan fingerprint density at radius 1 is 0.212 bits per heavy atom. The Kier molecular flexibility index (Phi) is 11.2. The third-order valence-corrected chi connectivity index (χ3v) is 17.3. The second-order valence-corrected chi connectivity index (χ2v) is 22.1. The van der Waals surface area contributed by atoms with Crippen LogP contribution in [0.15, 0.2) is 322 Å². The highest BCUT2D eigenvalue weighted by molar-refractivity contribution is 7.00. The van der Waals surface area contributed by atoms with Gasteiger partial charge in [0.15, 0.2) is 0 Å². The fraction of sp³-hybridized carbons (Fsp3) is 0. The van der Waals surface area contributed by atoms with Gasteiger partial charge in [-0.15, -0.1) is 0 Å². The lowest BCUT2D eigenvalue weighted by molar-refractivity contribution is 1.14. The molecule has 7 heteroatoms. The number of nitrogens with zero attached hydrogens (tertiary/aromatic N) is 6.